The van der Waals surface area contributed by atoms with E-state index in [2.05, 4.69) is 15.6 Å². The van der Waals surface area contributed by atoms with Gasteiger partial charge in [-0.05, 0) is 45.4 Å². The van der Waals surface area contributed by atoms with E-state index in [1.54, 1.807) is 0 Å². The van der Waals surface area contributed by atoms with Gasteiger partial charge >= 0.3 is 6.18 Å². The first-order chi connectivity index (χ1) is 12.5. The molecule has 0 amide bonds. The van der Waals surface area contributed by atoms with Crippen molar-refractivity contribution in [1.29, 1.82) is 0 Å². The minimum atomic E-state index is -4.06. The van der Waals surface area contributed by atoms with Gasteiger partial charge in [0.2, 0.25) is 0 Å². The summed E-state index contributed by atoms with van der Waals surface area (Å²) in [5.41, 5.74) is 0. The topological polar surface area (TPSA) is 54.9 Å². The maximum Gasteiger partial charge on any atom is 0.391 e. The number of hydrogen-bond acceptors (Lipinski definition) is 3. The van der Waals surface area contributed by atoms with Gasteiger partial charge in [-0.15, -0.1) is 0 Å². The van der Waals surface area contributed by atoms with E-state index >= 15 is 0 Å². The van der Waals surface area contributed by atoms with Crippen LogP contribution in [0.1, 0.15) is 45.4 Å². The number of rotatable bonds is 8. The van der Waals surface area contributed by atoms with Crippen LogP contribution in [0.5, 0.6) is 0 Å². The third-order valence-corrected chi connectivity index (χ3v) is 4.97. The molecule has 8 heteroatoms. The second-order valence-electron chi connectivity index (χ2n) is 7.15. The Morgan fingerprint density at radius 1 is 1.19 bits per heavy atom. The Hall–Kier alpha value is -1.02. The molecule has 0 aromatic heterocycles. The van der Waals surface area contributed by atoms with Crippen molar-refractivity contribution < 1.29 is 22.6 Å². The van der Waals surface area contributed by atoms with Gasteiger partial charge in [0, 0.05) is 38.3 Å². The fourth-order valence-corrected chi connectivity index (χ4v) is 3.40. The first-order valence-electron chi connectivity index (χ1n) is 9.76. The lowest BCUT2D eigenvalue weighted by atomic mass is 9.85. The highest BCUT2D eigenvalue weighted by atomic mass is 19.4. The maximum absolute atomic E-state index is 12.7. The van der Waals surface area contributed by atoms with Crippen LogP contribution in [0.25, 0.3) is 0 Å². The van der Waals surface area contributed by atoms with Crippen LogP contribution in [0.4, 0.5) is 13.2 Å². The van der Waals surface area contributed by atoms with Gasteiger partial charge in [-0.25, -0.2) is 0 Å². The van der Waals surface area contributed by atoms with E-state index in [1.165, 1.54) is 0 Å². The molecule has 1 unspecified atom stereocenters. The molecule has 0 aromatic rings. The molecule has 5 nitrogen and oxygen atoms in total. The summed E-state index contributed by atoms with van der Waals surface area (Å²) in [6, 6.07) is 0.0602. The van der Waals surface area contributed by atoms with Crippen LogP contribution in [0.3, 0.4) is 0 Å². The molecular weight excluding hydrogens is 347 g/mol. The van der Waals surface area contributed by atoms with Crippen molar-refractivity contribution in [1.82, 2.24) is 10.6 Å². The van der Waals surface area contributed by atoms with Gasteiger partial charge in [0.15, 0.2) is 5.96 Å². The van der Waals surface area contributed by atoms with E-state index in [-0.39, 0.29) is 18.9 Å². The molecule has 1 aliphatic heterocycles. The molecule has 1 atom stereocenters. The molecule has 1 saturated heterocycles. The number of alkyl halides is 3. The van der Waals surface area contributed by atoms with Crippen molar-refractivity contribution in [3.63, 3.8) is 0 Å². The quantitative estimate of drug-likeness (QED) is 0.387. The lowest BCUT2D eigenvalue weighted by Crippen LogP contribution is -2.45. The van der Waals surface area contributed by atoms with E-state index < -0.39 is 12.1 Å². The Kier molecular flexibility index (Phi) is 8.98. The zero-order chi connectivity index (χ0) is 18.8. The highest BCUT2D eigenvalue weighted by Crippen LogP contribution is 2.37. The van der Waals surface area contributed by atoms with E-state index in [1.807, 2.05) is 6.92 Å². The summed E-state index contributed by atoms with van der Waals surface area (Å²) in [4.78, 5) is 4.51. The summed E-state index contributed by atoms with van der Waals surface area (Å²) in [7, 11) is 0. The van der Waals surface area contributed by atoms with Crippen molar-refractivity contribution in [3.05, 3.63) is 0 Å². The van der Waals surface area contributed by atoms with Gasteiger partial charge in [0.05, 0.1) is 19.1 Å². The molecule has 2 rings (SSSR count). The third-order valence-electron chi connectivity index (χ3n) is 4.97. The summed E-state index contributed by atoms with van der Waals surface area (Å²) in [5.74, 6) is 0.0546. The Morgan fingerprint density at radius 2 is 1.96 bits per heavy atom. The summed E-state index contributed by atoms with van der Waals surface area (Å²) in [5, 5.41) is 6.45. The van der Waals surface area contributed by atoms with Crippen LogP contribution < -0.4 is 10.6 Å². The molecular formula is C18H32F3N3O2. The van der Waals surface area contributed by atoms with E-state index in [0.29, 0.717) is 37.9 Å². The standard InChI is InChI=1S/C18H32F3N3O2/c1-2-22-17(23-9-3-10-25-12-14-8-11-26-13-14)24-16-6-4-15(5-7-16)18(19,20)21/h14-16H,2-13H2,1H3,(H2,22,23,24). The maximum atomic E-state index is 12.7. The van der Waals surface area contributed by atoms with Crippen LogP contribution in [0.2, 0.25) is 0 Å². The minimum absolute atomic E-state index is 0.0602. The fourth-order valence-electron chi connectivity index (χ4n) is 3.40. The average Bonchev–Trinajstić information content (AvgIpc) is 3.11. The number of hydrogen-bond donors (Lipinski definition) is 2. The van der Waals surface area contributed by atoms with Gasteiger partial charge in [0.25, 0.3) is 0 Å². The molecule has 0 radical (unpaired) electrons. The normalized spacial score (nSPS) is 27.5. The van der Waals surface area contributed by atoms with Gasteiger partial charge in [0.1, 0.15) is 0 Å². The summed E-state index contributed by atoms with van der Waals surface area (Å²) in [6.07, 6.45) is -0.719. The summed E-state index contributed by atoms with van der Waals surface area (Å²) < 4.78 is 49.2. The lowest BCUT2D eigenvalue weighted by molar-refractivity contribution is -0.182. The zero-order valence-corrected chi connectivity index (χ0v) is 15.6. The number of nitrogens with one attached hydrogen (secondary N) is 2. The highest BCUT2D eigenvalue weighted by molar-refractivity contribution is 5.80. The molecule has 0 bridgehead atoms. The molecule has 2 N–H and O–H groups in total. The Bertz CT molecular complexity index is 418. The lowest BCUT2D eigenvalue weighted by Gasteiger charge is -2.31. The number of halogens is 3. The third kappa shape index (κ3) is 7.70. The number of ether oxygens (including phenoxy) is 2. The van der Waals surface area contributed by atoms with Crippen molar-refractivity contribution in [2.75, 3.05) is 39.5 Å². The average molecular weight is 379 g/mol. The molecule has 2 aliphatic rings. The zero-order valence-electron chi connectivity index (χ0n) is 15.6. The molecule has 1 saturated carbocycles. The molecule has 152 valence electrons. The van der Waals surface area contributed by atoms with Gasteiger partial charge in [-0.3, -0.25) is 4.99 Å². The first kappa shape index (κ1) is 21.3. The smallest absolute Gasteiger partial charge is 0.381 e. The predicted octanol–water partition coefficient (Wildman–Crippen LogP) is 3.11. The monoisotopic (exact) mass is 379 g/mol. The second kappa shape index (κ2) is 11.0. The van der Waals surface area contributed by atoms with Gasteiger partial charge in [-0.2, -0.15) is 13.2 Å². The minimum Gasteiger partial charge on any atom is -0.381 e. The fraction of sp³-hybridized carbons (Fsp3) is 0.944. The van der Waals surface area contributed by atoms with Crippen molar-refractivity contribution in [3.8, 4) is 0 Å². The van der Waals surface area contributed by atoms with Crippen molar-refractivity contribution in [2.24, 2.45) is 16.8 Å². The summed E-state index contributed by atoms with van der Waals surface area (Å²) >= 11 is 0. The summed E-state index contributed by atoms with van der Waals surface area (Å²) in [6.45, 7) is 6.37. The number of nitrogens with zero attached hydrogens (tertiary/aromatic N) is 1. The number of aliphatic imine (C=N–C) groups is 1. The molecule has 1 heterocycles. The first-order valence-corrected chi connectivity index (χ1v) is 9.76. The SMILES string of the molecule is CCNC(=NCCCOCC1CCOC1)NC1CCC(C(F)(F)F)CC1. The van der Waals surface area contributed by atoms with Crippen LogP contribution in [-0.4, -0.2) is 57.7 Å². The second-order valence-corrected chi connectivity index (χ2v) is 7.15. The van der Waals surface area contributed by atoms with Gasteiger partial charge in [-0.1, -0.05) is 0 Å². The van der Waals surface area contributed by atoms with Crippen LogP contribution >= 0.6 is 0 Å². The van der Waals surface area contributed by atoms with Crippen LogP contribution in [0, 0.1) is 11.8 Å². The Balaban J connectivity index is 1.63. The molecule has 1 aliphatic carbocycles. The Labute approximate surface area is 154 Å². The molecule has 0 spiro atoms. The molecule has 0 aromatic carbocycles. The van der Waals surface area contributed by atoms with E-state index in [0.717, 1.165) is 39.2 Å². The number of guanidine groups is 1. The molecule has 26 heavy (non-hydrogen) atoms. The largest absolute Gasteiger partial charge is 0.391 e. The van der Waals surface area contributed by atoms with E-state index in [4.69, 9.17) is 9.47 Å². The van der Waals surface area contributed by atoms with Crippen LogP contribution in [-0.2, 0) is 9.47 Å². The Morgan fingerprint density at radius 3 is 2.58 bits per heavy atom. The molecule has 2 fully saturated rings. The van der Waals surface area contributed by atoms with E-state index in [9.17, 15) is 13.2 Å². The predicted molar refractivity (Wildman–Crippen MR) is 95.3 cm³/mol. The van der Waals surface area contributed by atoms with Gasteiger partial charge < -0.3 is 20.1 Å². The van der Waals surface area contributed by atoms with Crippen molar-refractivity contribution >= 4 is 5.96 Å². The highest BCUT2D eigenvalue weighted by Gasteiger charge is 2.41. The van der Waals surface area contributed by atoms with Crippen molar-refractivity contribution in [2.45, 2.75) is 57.7 Å². The van der Waals surface area contributed by atoms with Crippen LogP contribution in [0.15, 0.2) is 4.99 Å².